The fourth-order valence-corrected chi connectivity index (χ4v) is 7.96. The van der Waals surface area contributed by atoms with Crippen molar-refractivity contribution < 1.29 is 17.9 Å². The van der Waals surface area contributed by atoms with Crippen molar-refractivity contribution >= 4 is 45.1 Å². The fraction of sp³-hybridized carbons (Fsp3) is 0.381. The van der Waals surface area contributed by atoms with Gasteiger partial charge in [0.05, 0.1) is 22.7 Å². The lowest BCUT2D eigenvalue weighted by Gasteiger charge is -2.26. The zero-order valence-corrected chi connectivity index (χ0v) is 19.1. The Morgan fingerprint density at radius 3 is 2.57 bits per heavy atom. The van der Waals surface area contributed by atoms with Gasteiger partial charge in [-0.3, -0.25) is 4.79 Å². The molecule has 0 bridgehead atoms. The Balaban J connectivity index is 1.55. The van der Waals surface area contributed by atoms with Gasteiger partial charge in [-0.05, 0) is 42.3 Å². The Morgan fingerprint density at radius 2 is 1.83 bits per heavy atom. The van der Waals surface area contributed by atoms with Crippen molar-refractivity contribution in [2.75, 3.05) is 43.1 Å². The molecule has 2 aliphatic heterocycles. The van der Waals surface area contributed by atoms with E-state index in [1.807, 2.05) is 41.7 Å². The summed E-state index contributed by atoms with van der Waals surface area (Å²) in [5.41, 5.74) is 2.83. The van der Waals surface area contributed by atoms with Crippen molar-refractivity contribution in [2.45, 2.75) is 16.4 Å². The van der Waals surface area contributed by atoms with Crippen LogP contribution in [0.3, 0.4) is 0 Å². The number of carbonyl (C=O) groups is 1. The van der Waals surface area contributed by atoms with Gasteiger partial charge in [-0.1, -0.05) is 18.2 Å². The van der Waals surface area contributed by atoms with Gasteiger partial charge in [0.1, 0.15) is 0 Å². The number of nitrogens with zero attached hydrogens (tertiary/aromatic N) is 1. The van der Waals surface area contributed by atoms with Crippen LogP contribution in [-0.4, -0.2) is 56.4 Å². The Morgan fingerprint density at radius 1 is 1.10 bits per heavy atom. The van der Waals surface area contributed by atoms with Crippen LogP contribution in [0.4, 0.5) is 5.69 Å². The van der Waals surface area contributed by atoms with Gasteiger partial charge in [-0.15, -0.1) is 23.5 Å². The van der Waals surface area contributed by atoms with Crippen molar-refractivity contribution in [3.63, 3.8) is 0 Å². The third kappa shape index (κ3) is 4.70. The molecule has 2 aromatic carbocycles. The van der Waals surface area contributed by atoms with E-state index in [-0.39, 0.29) is 10.8 Å². The van der Waals surface area contributed by atoms with Gasteiger partial charge in [-0.25, -0.2) is 8.42 Å². The Bertz CT molecular complexity index is 1030. The molecule has 2 saturated heterocycles. The zero-order valence-electron chi connectivity index (χ0n) is 16.7. The first kappa shape index (κ1) is 21.7. The van der Waals surface area contributed by atoms with Crippen molar-refractivity contribution in [2.24, 2.45) is 0 Å². The molecule has 0 atom stereocenters. The number of amides is 1. The lowest BCUT2D eigenvalue weighted by Crippen LogP contribution is -2.40. The molecule has 0 spiro atoms. The first-order valence-corrected chi connectivity index (χ1v) is 13.3. The van der Waals surface area contributed by atoms with Gasteiger partial charge < -0.3 is 10.1 Å². The van der Waals surface area contributed by atoms with Crippen LogP contribution in [0.5, 0.6) is 0 Å². The molecular formula is C21H24N2O4S3. The van der Waals surface area contributed by atoms with E-state index in [1.165, 1.54) is 15.9 Å². The molecule has 2 fully saturated rings. The number of aryl methyl sites for hydroxylation is 1. The molecule has 2 heterocycles. The minimum atomic E-state index is -3.67. The maximum absolute atomic E-state index is 13.1. The van der Waals surface area contributed by atoms with Gasteiger partial charge in [0.25, 0.3) is 5.91 Å². The Labute approximate surface area is 185 Å². The molecule has 0 aromatic heterocycles. The number of ether oxygens (including phenoxy) is 1. The van der Waals surface area contributed by atoms with Gasteiger partial charge in [-0.2, -0.15) is 4.31 Å². The minimum Gasteiger partial charge on any atom is -0.379 e. The number of nitrogens with one attached hydrogen (secondary N) is 1. The van der Waals surface area contributed by atoms with Gasteiger partial charge in [0, 0.05) is 35.8 Å². The summed E-state index contributed by atoms with van der Waals surface area (Å²) in [7, 11) is -3.67. The summed E-state index contributed by atoms with van der Waals surface area (Å²) in [5.74, 6) is 1.95. The summed E-state index contributed by atoms with van der Waals surface area (Å²) in [4.78, 5) is 13.0. The van der Waals surface area contributed by atoms with Crippen LogP contribution in [0.2, 0.25) is 0 Å². The van der Waals surface area contributed by atoms with Crippen molar-refractivity contribution in [1.29, 1.82) is 0 Å². The number of hydrogen-bond donors (Lipinski definition) is 1. The summed E-state index contributed by atoms with van der Waals surface area (Å²) in [5, 5.41) is 2.91. The molecule has 2 aromatic rings. The number of hydrogen-bond acceptors (Lipinski definition) is 6. The van der Waals surface area contributed by atoms with E-state index >= 15 is 0 Å². The summed E-state index contributed by atoms with van der Waals surface area (Å²) >= 11 is 3.82. The predicted molar refractivity (Wildman–Crippen MR) is 123 cm³/mol. The highest BCUT2D eigenvalue weighted by Gasteiger charge is 2.28. The number of anilines is 1. The molecule has 0 saturated carbocycles. The second-order valence-electron chi connectivity index (χ2n) is 7.15. The van der Waals surface area contributed by atoms with Gasteiger partial charge in [0.2, 0.25) is 10.0 Å². The quantitative estimate of drug-likeness (QED) is 0.726. The third-order valence-electron chi connectivity index (χ3n) is 5.08. The van der Waals surface area contributed by atoms with Crippen molar-refractivity contribution in [1.82, 2.24) is 4.31 Å². The number of sulfonamides is 1. The zero-order chi connectivity index (χ0) is 21.1. The van der Waals surface area contributed by atoms with E-state index in [4.69, 9.17) is 4.74 Å². The molecule has 30 heavy (non-hydrogen) atoms. The molecule has 0 aliphatic carbocycles. The van der Waals surface area contributed by atoms with Gasteiger partial charge >= 0.3 is 0 Å². The minimum absolute atomic E-state index is 0.171. The van der Waals surface area contributed by atoms with E-state index < -0.39 is 10.0 Å². The topological polar surface area (TPSA) is 75.7 Å². The van der Waals surface area contributed by atoms with E-state index in [2.05, 4.69) is 11.4 Å². The lowest BCUT2D eigenvalue weighted by atomic mass is 10.1. The van der Waals surface area contributed by atoms with Crippen LogP contribution in [-0.2, 0) is 14.8 Å². The SMILES string of the molecule is Cc1ccc(C(=O)Nc2cccc(C3SCCS3)c2)cc1S(=O)(=O)N1CCOCC1. The van der Waals surface area contributed by atoms with Crippen molar-refractivity contribution in [3.05, 3.63) is 59.2 Å². The summed E-state index contributed by atoms with van der Waals surface area (Å²) in [6.07, 6.45) is 0. The second-order valence-corrected chi connectivity index (χ2v) is 11.8. The fourth-order valence-electron chi connectivity index (χ4n) is 3.46. The summed E-state index contributed by atoms with van der Waals surface area (Å²) in [6.45, 7) is 3.15. The van der Waals surface area contributed by atoms with E-state index in [1.54, 1.807) is 19.1 Å². The normalized spacial score (nSPS) is 18.4. The summed E-state index contributed by atoms with van der Waals surface area (Å²) in [6, 6.07) is 12.7. The first-order valence-electron chi connectivity index (χ1n) is 9.78. The highest BCUT2D eigenvalue weighted by atomic mass is 32.2. The molecule has 160 valence electrons. The number of morpholine rings is 1. The van der Waals surface area contributed by atoms with E-state index in [0.717, 1.165) is 11.5 Å². The maximum atomic E-state index is 13.1. The molecule has 9 heteroatoms. The molecule has 1 amide bonds. The number of benzene rings is 2. The monoisotopic (exact) mass is 464 g/mol. The first-order chi connectivity index (χ1) is 14.4. The highest BCUT2D eigenvalue weighted by molar-refractivity contribution is 8.19. The molecule has 0 unspecified atom stereocenters. The average Bonchev–Trinajstić information content (AvgIpc) is 3.30. The van der Waals surface area contributed by atoms with Crippen LogP contribution >= 0.6 is 23.5 Å². The molecule has 0 radical (unpaired) electrons. The van der Waals surface area contributed by atoms with Crippen molar-refractivity contribution in [3.8, 4) is 0 Å². The largest absolute Gasteiger partial charge is 0.379 e. The van der Waals surface area contributed by atoms with Crippen LogP contribution in [0.25, 0.3) is 0 Å². The summed E-state index contributed by atoms with van der Waals surface area (Å²) < 4.78 is 33.2. The highest BCUT2D eigenvalue weighted by Crippen LogP contribution is 2.45. The number of rotatable bonds is 5. The van der Waals surface area contributed by atoms with Crippen LogP contribution in [0, 0.1) is 6.92 Å². The van der Waals surface area contributed by atoms with E-state index in [0.29, 0.717) is 47.7 Å². The molecular weight excluding hydrogens is 440 g/mol. The Hall–Kier alpha value is -1.52. The third-order valence-corrected chi connectivity index (χ3v) is 10.2. The molecule has 6 nitrogen and oxygen atoms in total. The second kappa shape index (κ2) is 9.32. The van der Waals surface area contributed by atoms with Crippen LogP contribution in [0.15, 0.2) is 47.4 Å². The number of carbonyl (C=O) groups excluding carboxylic acids is 1. The van der Waals surface area contributed by atoms with Crippen LogP contribution < -0.4 is 5.32 Å². The van der Waals surface area contributed by atoms with Gasteiger partial charge in [0.15, 0.2) is 0 Å². The lowest BCUT2D eigenvalue weighted by molar-refractivity contribution is 0.0730. The predicted octanol–water partition coefficient (Wildman–Crippen LogP) is 3.75. The molecule has 4 rings (SSSR count). The number of thioether (sulfide) groups is 2. The molecule has 2 aliphatic rings. The standard InChI is InChI=1S/C21H24N2O4S3/c1-15-5-6-16(14-19(15)30(25,26)23-7-9-27-10-8-23)20(24)22-18-4-2-3-17(13-18)21-28-11-12-29-21/h2-6,13-14,21H,7-12H2,1H3,(H,22,24). The Kier molecular flexibility index (Phi) is 6.74. The maximum Gasteiger partial charge on any atom is 0.255 e. The van der Waals surface area contributed by atoms with Crippen LogP contribution in [0.1, 0.15) is 26.1 Å². The van der Waals surface area contributed by atoms with E-state index in [9.17, 15) is 13.2 Å². The molecule has 1 N–H and O–H groups in total. The smallest absolute Gasteiger partial charge is 0.255 e. The average molecular weight is 465 g/mol.